The summed E-state index contributed by atoms with van der Waals surface area (Å²) in [5.41, 5.74) is 6.08. The minimum atomic E-state index is -0.203. The maximum Gasteiger partial charge on any atom is 0.243 e. The van der Waals surface area contributed by atoms with Crippen molar-refractivity contribution < 1.29 is 9.26 Å². The average molecular weight is 255 g/mol. The van der Waals surface area contributed by atoms with Gasteiger partial charge in [-0.25, -0.2) is 0 Å². The molecule has 0 fully saturated rings. The summed E-state index contributed by atoms with van der Waals surface area (Å²) in [6.07, 6.45) is 0.856. The van der Waals surface area contributed by atoms with Crippen molar-refractivity contribution in [2.45, 2.75) is 53.2 Å². The molecule has 0 aliphatic rings. The topological polar surface area (TPSA) is 74.2 Å². The van der Waals surface area contributed by atoms with Crippen LogP contribution in [0.3, 0.4) is 0 Å². The summed E-state index contributed by atoms with van der Waals surface area (Å²) in [5, 5.41) is 4.00. The molecule has 1 heterocycles. The minimum Gasteiger partial charge on any atom is -0.370 e. The quantitative estimate of drug-likeness (QED) is 0.811. The van der Waals surface area contributed by atoms with Crippen molar-refractivity contribution in [3.05, 3.63) is 11.7 Å². The van der Waals surface area contributed by atoms with Crippen molar-refractivity contribution in [1.82, 2.24) is 10.1 Å². The highest BCUT2D eigenvalue weighted by molar-refractivity contribution is 4.97. The fourth-order valence-corrected chi connectivity index (χ4v) is 1.74. The third-order valence-electron chi connectivity index (χ3n) is 3.21. The molecule has 0 bridgehead atoms. The van der Waals surface area contributed by atoms with Gasteiger partial charge in [-0.2, -0.15) is 4.98 Å². The molecule has 0 saturated carbocycles. The van der Waals surface area contributed by atoms with Crippen molar-refractivity contribution in [3.8, 4) is 0 Å². The van der Waals surface area contributed by atoms with E-state index in [4.69, 9.17) is 15.0 Å². The second-order valence-corrected chi connectivity index (χ2v) is 5.02. The summed E-state index contributed by atoms with van der Waals surface area (Å²) in [6, 6.07) is -0.203. The Morgan fingerprint density at radius 3 is 2.44 bits per heavy atom. The fourth-order valence-electron chi connectivity index (χ4n) is 1.74. The van der Waals surface area contributed by atoms with E-state index in [1.165, 1.54) is 0 Å². The molecule has 5 heteroatoms. The summed E-state index contributed by atoms with van der Waals surface area (Å²) in [4.78, 5) is 4.39. The van der Waals surface area contributed by atoms with E-state index in [-0.39, 0.29) is 12.1 Å². The van der Waals surface area contributed by atoms with E-state index in [0.717, 1.165) is 6.42 Å². The summed E-state index contributed by atoms with van der Waals surface area (Å²) < 4.78 is 10.9. The Kier molecular flexibility index (Phi) is 5.75. The van der Waals surface area contributed by atoms with Gasteiger partial charge in [-0.3, -0.25) is 0 Å². The number of hydrogen-bond acceptors (Lipinski definition) is 5. The molecule has 0 radical (unpaired) electrons. The monoisotopic (exact) mass is 255 g/mol. The Bertz CT molecular complexity index is 352. The number of aromatic nitrogens is 2. The number of ether oxygens (including phenoxy) is 1. The third kappa shape index (κ3) is 3.53. The molecule has 104 valence electrons. The van der Waals surface area contributed by atoms with Crippen molar-refractivity contribution in [1.29, 1.82) is 0 Å². The molecule has 3 atom stereocenters. The molecule has 0 amide bonds. The summed E-state index contributed by atoms with van der Waals surface area (Å²) >= 11 is 0. The van der Waals surface area contributed by atoms with Gasteiger partial charge in [0.1, 0.15) is 6.10 Å². The molecule has 5 nitrogen and oxygen atoms in total. The van der Waals surface area contributed by atoms with Gasteiger partial charge in [0.05, 0.1) is 6.04 Å². The molecule has 0 saturated heterocycles. The van der Waals surface area contributed by atoms with Gasteiger partial charge in [-0.05, 0) is 18.8 Å². The van der Waals surface area contributed by atoms with Crippen LogP contribution in [-0.2, 0) is 4.74 Å². The van der Waals surface area contributed by atoms with Gasteiger partial charge in [-0.15, -0.1) is 0 Å². The maximum atomic E-state index is 6.08. The normalized spacial score (nSPS) is 16.8. The van der Waals surface area contributed by atoms with Gasteiger partial charge < -0.3 is 15.0 Å². The first-order valence-electron chi connectivity index (χ1n) is 6.71. The van der Waals surface area contributed by atoms with Crippen molar-refractivity contribution in [2.75, 3.05) is 6.61 Å². The minimum absolute atomic E-state index is 0.128. The van der Waals surface area contributed by atoms with Crippen LogP contribution in [0.2, 0.25) is 0 Å². The molecule has 18 heavy (non-hydrogen) atoms. The standard InChI is InChI=1S/C13H25N3O2/c1-6-9(5)10(14)13-15-12(16-18-13)11(8(3)4)17-7-2/h8-11H,6-7,14H2,1-5H3. The lowest BCUT2D eigenvalue weighted by Crippen LogP contribution is -2.19. The van der Waals surface area contributed by atoms with Crippen LogP contribution >= 0.6 is 0 Å². The lowest BCUT2D eigenvalue weighted by molar-refractivity contribution is 0.0217. The van der Waals surface area contributed by atoms with E-state index in [9.17, 15) is 0 Å². The molecule has 1 rings (SSSR count). The number of rotatable bonds is 7. The van der Waals surface area contributed by atoms with E-state index in [2.05, 4.69) is 37.8 Å². The van der Waals surface area contributed by atoms with Gasteiger partial charge in [0.15, 0.2) is 0 Å². The lowest BCUT2D eigenvalue weighted by Gasteiger charge is -2.17. The maximum absolute atomic E-state index is 6.08. The highest BCUT2D eigenvalue weighted by Crippen LogP contribution is 2.26. The Balaban J connectivity index is 2.83. The molecule has 3 unspecified atom stereocenters. The molecule has 0 aliphatic carbocycles. The lowest BCUT2D eigenvalue weighted by atomic mass is 10.0. The second kappa shape index (κ2) is 6.85. The molecule has 0 aliphatic heterocycles. The molecule has 1 aromatic heterocycles. The highest BCUT2D eigenvalue weighted by Gasteiger charge is 2.25. The third-order valence-corrected chi connectivity index (χ3v) is 3.21. The van der Waals surface area contributed by atoms with Gasteiger partial charge in [0.2, 0.25) is 11.7 Å². The first-order valence-corrected chi connectivity index (χ1v) is 6.71. The molecular weight excluding hydrogens is 230 g/mol. The number of nitrogens with zero attached hydrogens (tertiary/aromatic N) is 2. The Hall–Kier alpha value is -0.940. The average Bonchev–Trinajstić information content (AvgIpc) is 2.82. The predicted molar refractivity (Wildman–Crippen MR) is 69.9 cm³/mol. The van der Waals surface area contributed by atoms with Crippen LogP contribution < -0.4 is 5.73 Å². The zero-order valence-electron chi connectivity index (χ0n) is 12.0. The Morgan fingerprint density at radius 1 is 1.28 bits per heavy atom. The molecule has 1 aromatic rings. The highest BCUT2D eigenvalue weighted by atomic mass is 16.5. The first-order chi connectivity index (χ1) is 8.51. The zero-order chi connectivity index (χ0) is 13.7. The van der Waals surface area contributed by atoms with E-state index in [1.807, 2.05) is 6.92 Å². The van der Waals surface area contributed by atoms with E-state index in [1.54, 1.807) is 0 Å². The van der Waals surface area contributed by atoms with Crippen molar-refractivity contribution in [2.24, 2.45) is 17.6 Å². The van der Waals surface area contributed by atoms with Gasteiger partial charge in [0, 0.05) is 6.61 Å². The fraction of sp³-hybridized carbons (Fsp3) is 0.846. The summed E-state index contributed by atoms with van der Waals surface area (Å²) in [5.74, 6) is 1.73. The van der Waals surface area contributed by atoms with E-state index >= 15 is 0 Å². The Labute approximate surface area is 109 Å². The molecular formula is C13H25N3O2. The van der Waals surface area contributed by atoms with Crippen LogP contribution in [0.1, 0.15) is 64.9 Å². The Morgan fingerprint density at radius 2 is 1.94 bits per heavy atom. The van der Waals surface area contributed by atoms with Crippen LogP contribution in [0.4, 0.5) is 0 Å². The van der Waals surface area contributed by atoms with Crippen LogP contribution in [0.5, 0.6) is 0 Å². The van der Waals surface area contributed by atoms with Crippen LogP contribution in [-0.4, -0.2) is 16.7 Å². The van der Waals surface area contributed by atoms with Gasteiger partial charge in [-0.1, -0.05) is 39.3 Å². The van der Waals surface area contributed by atoms with Crippen molar-refractivity contribution in [3.63, 3.8) is 0 Å². The molecule has 0 spiro atoms. The van der Waals surface area contributed by atoms with E-state index < -0.39 is 0 Å². The van der Waals surface area contributed by atoms with Gasteiger partial charge in [0.25, 0.3) is 0 Å². The largest absolute Gasteiger partial charge is 0.370 e. The summed E-state index contributed by atoms with van der Waals surface area (Å²) in [7, 11) is 0. The summed E-state index contributed by atoms with van der Waals surface area (Å²) in [6.45, 7) is 10.9. The zero-order valence-corrected chi connectivity index (χ0v) is 12.0. The molecule has 2 N–H and O–H groups in total. The van der Waals surface area contributed by atoms with Gasteiger partial charge >= 0.3 is 0 Å². The number of nitrogens with two attached hydrogens (primary N) is 1. The predicted octanol–water partition coefficient (Wildman–Crippen LogP) is 2.85. The molecule has 0 aromatic carbocycles. The van der Waals surface area contributed by atoms with Crippen LogP contribution in [0.15, 0.2) is 4.52 Å². The first kappa shape index (κ1) is 15.1. The SMILES string of the molecule is CCOC(c1noc(C(N)C(C)CC)n1)C(C)C. The second-order valence-electron chi connectivity index (χ2n) is 5.02. The van der Waals surface area contributed by atoms with Crippen LogP contribution in [0, 0.1) is 11.8 Å². The van der Waals surface area contributed by atoms with Crippen LogP contribution in [0.25, 0.3) is 0 Å². The smallest absolute Gasteiger partial charge is 0.243 e. The number of hydrogen-bond donors (Lipinski definition) is 1. The van der Waals surface area contributed by atoms with Crippen molar-refractivity contribution >= 4 is 0 Å². The van der Waals surface area contributed by atoms with E-state index in [0.29, 0.717) is 30.2 Å².